The summed E-state index contributed by atoms with van der Waals surface area (Å²) < 4.78 is 31.7. The number of nitrogens with zero attached hydrogens (tertiary/aromatic N) is 1. The van der Waals surface area contributed by atoms with Crippen molar-refractivity contribution in [3.8, 4) is 0 Å². The van der Waals surface area contributed by atoms with Gasteiger partial charge in [-0.25, -0.2) is 9.59 Å². The van der Waals surface area contributed by atoms with Crippen LogP contribution in [0.2, 0.25) is 0 Å². The zero-order valence-corrected chi connectivity index (χ0v) is 26.2. The smallest absolute Gasteiger partial charge is 0.478 e. The largest absolute Gasteiger partial charge is 0.490 e. The molecule has 1 aliphatic carbocycles. The first-order valence-corrected chi connectivity index (χ1v) is 14.2. The Morgan fingerprint density at radius 3 is 1.86 bits per heavy atom. The molecule has 4 N–H and O–H groups in total. The van der Waals surface area contributed by atoms with Crippen LogP contribution in [0.4, 0.5) is 13.2 Å². The molecule has 0 aliphatic heterocycles. The summed E-state index contributed by atoms with van der Waals surface area (Å²) in [5, 5.41) is 22.9. The zero-order valence-electron chi connectivity index (χ0n) is 26.2. The highest BCUT2D eigenvalue weighted by molar-refractivity contribution is 5.92. The van der Waals surface area contributed by atoms with Gasteiger partial charge in [-0.1, -0.05) is 83.9 Å². The first-order chi connectivity index (χ1) is 19.7. The van der Waals surface area contributed by atoms with Gasteiger partial charge in [0.1, 0.15) is 6.04 Å². The van der Waals surface area contributed by atoms with Crippen LogP contribution in [0.1, 0.15) is 72.8 Å². The van der Waals surface area contributed by atoms with Crippen molar-refractivity contribution >= 4 is 23.8 Å². The molecule has 0 radical (unpaired) electrons. The lowest BCUT2D eigenvalue weighted by Crippen LogP contribution is -2.62. The minimum absolute atomic E-state index is 0.00512. The molecule has 242 valence electrons. The highest BCUT2D eigenvalue weighted by Gasteiger charge is 2.47. The van der Waals surface area contributed by atoms with Crippen molar-refractivity contribution in [2.24, 2.45) is 11.3 Å². The molecule has 43 heavy (non-hydrogen) atoms. The molecule has 1 aliphatic rings. The number of alkyl halides is 3. The fourth-order valence-corrected chi connectivity index (χ4v) is 5.48. The summed E-state index contributed by atoms with van der Waals surface area (Å²) in [6, 6.07) is 8.50. The molecule has 1 aromatic carbocycles. The van der Waals surface area contributed by atoms with Gasteiger partial charge in [0.25, 0.3) is 0 Å². The van der Waals surface area contributed by atoms with E-state index in [1.54, 1.807) is 18.0 Å². The average molecular weight is 614 g/mol. The topological polar surface area (TPSA) is 136 Å². The lowest BCUT2D eigenvalue weighted by atomic mass is 9.72. The third kappa shape index (κ3) is 10.1. The molecule has 0 heterocycles. The number of carbonyl (C=O) groups excluding carboxylic acids is 2. The number of aliphatic carboxylic acids is 2. The maximum Gasteiger partial charge on any atom is 0.490 e. The summed E-state index contributed by atoms with van der Waals surface area (Å²) >= 11 is 0. The SMILES string of the molecule is CN[C@H](C(=O)N[C@H](C(=O)N(C)[C@H](/C=C(\C)C(=O)O)C(C)C)C(C)(C)C)C1(c2ccccc2)CCCC1.O=C(O)C(F)(F)F. The highest BCUT2D eigenvalue weighted by Crippen LogP contribution is 2.44. The minimum atomic E-state index is -5.08. The van der Waals surface area contributed by atoms with Gasteiger partial charge in [-0.2, -0.15) is 13.2 Å². The predicted octanol–water partition coefficient (Wildman–Crippen LogP) is 4.76. The van der Waals surface area contributed by atoms with Crippen molar-refractivity contribution in [2.75, 3.05) is 14.1 Å². The molecule has 2 amide bonds. The molecule has 1 aromatic rings. The second kappa shape index (κ2) is 15.4. The number of likely N-dealkylation sites (N-methyl/N-ethyl adjacent to an activating group) is 2. The van der Waals surface area contributed by atoms with Gasteiger partial charge in [0.2, 0.25) is 11.8 Å². The van der Waals surface area contributed by atoms with Crippen molar-refractivity contribution in [1.29, 1.82) is 0 Å². The lowest BCUT2D eigenvalue weighted by Gasteiger charge is -2.41. The molecule has 2 rings (SSSR count). The molecule has 9 nitrogen and oxygen atoms in total. The number of carboxylic acid groups (broad SMARTS) is 2. The van der Waals surface area contributed by atoms with E-state index in [4.69, 9.17) is 9.90 Å². The highest BCUT2D eigenvalue weighted by atomic mass is 19.4. The molecule has 0 aromatic heterocycles. The second-order valence-electron chi connectivity index (χ2n) is 12.4. The fraction of sp³-hybridized carbons (Fsp3) is 0.613. The van der Waals surface area contributed by atoms with Crippen LogP contribution < -0.4 is 10.6 Å². The van der Waals surface area contributed by atoms with E-state index >= 15 is 0 Å². The molecule has 0 spiro atoms. The summed E-state index contributed by atoms with van der Waals surface area (Å²) in [4.78, 5) is 49.6. The van der Waals surface area contributed by atoms with Crippen LogP contribution >= 0.6 is 0 Å². The number of rotatable bonds is 10. The molecule has 3 atom stereocenters. The molecular weight excluding hydrogens is 567 g/mol. The minimum Gasteiger partial charge on any atom is -0.478 e. The number of nitrogens with one attached hydrogen (secondary N) is 2. The van der Waals surface area contributed by atoms with E-state index in [9.17, 15) is 32.7 Å². The Hall–Kier alpha value is -3.41. The number of amides is 2. The monoisotopic (exact) mass is 613 g/mol. The van der Waals surface area contributed by atoms with Gasteiger partial charge in [0.15, 0.2) is 0 Å². The first kappa shape index (κ1) is 37.6. The quantitative estimate of drug-likeness (QED) is 0.279. The van der Waals surface area contributed by atoms with Gasteiger partial charge in [-0.15, -0.1) is 0 Å². The summed E-state index contributed by atoms with van der Waals surface area (Å²) in [6.07, 6.45) is 0.440. The number of hydrogen-bond donors (Lipinski definition) is 4. The first-order valence-electron chi connectivity index (χ1n) is 14.2. The van der Waals surface area contributed by atoms with Crippen molar-refractivity contribution in [3.63, 3.8) is 0 Å². The van der Waals surface area contributed by atoms with Crippen molar-refractivity contribution in [1.82, 2.24) is 15.5 Å². The van der Waals surface area contributed by atoms with E-state index in [0.717, 1.165) is 31.2 Å². The summed E-state index contributed by atoms with van der Waals surface area (Å²) in [5.74, 6) is -4.20. The molecule has 1 fully saturated rings. The second-order valence-corrected chi connectivity index (χ2v) is 12.4. The number of carbonyl (C=O) groups is 4. The van der Waals surface area contributed by atoms with E-state index < -0.39 is 41.7 Å². The average Bonchev–Trinajstić information content (AvgIpc) is 3.40. The van der Waals surface area contributed by atoms with Crippen LogP contribution in [0.3, 0.4) is 0 Å². The van der Waals surface area contributed by atoms with Crippen LogP contribution in [0, 0.1) is 11.3 Å². The van der Waals surface area contributed by atoms with E-state index in [0.29, 0.717) is 0 Å². The molecule has 1 saturated carbocycles. The predicted molar refractivity (Wildman–Crippen MR) is 157 cm³/mol. The Bertz CT molecular complexity index is 1140. The van der Waals surface area contributed by atoms with Gasteiger partial charge in [0, 0.05) is 18.0 Å². The Morgan fingerprint density at radius 1 is 1.00 bits per heavy atom. The van der Waals surface area contributed by atoms with Gasteiger partial charge in [0.05, 0.1) is 12.1 Å². The van der Waals surface area contributed by atoms with Crippen LogP contribution in [0.15, 0.2) is 42.0 Å². The number of halogens is 3. The number of hydrogen-bond acceptors (Lipinski definition) is 5. The third-order valence-electron chi connectivity index (χ3n) is 7.83. The standard InChI is InChI=1S/C29H45N3O4.C2HF3O2/c1-19(2)22(18-20(3)27(35)36)32(8)26(34)24(28(4,5)6)31-25(33)23(30-7)29(16-12-13-17-29)21-14-10-9-11-15-21;3-2(4,5)1(6)7/h9-11,14-15,18-19,22-24,30H,12-13,16-17H2,1-8H3,(H,31,33)(H,35,36);(H,6,7)/b20-18+;/t22-,23-,24-;/m1./s1. The molecule has 0 bridgehead atoms. The number of carboxylic acids is 2. The van der Waals surface area contributed by atoms with Crippen LogP contribution in [-0.4, -0.2) is 77.3 Å². The van der Waals surface area contributed by atoms with Crippen LogP contribution in [0.5, 0.6) is 0 Å². The Morgan fingerprint density at radius 2 is 1.49 bits per heavy atom. The lowest BCUT2D eigenvalue weighted by molar-refractivity contribution is -0.192. The number of benzene rings is 1. The Labute approximate surface area is 251 Å². The zero-order chi connectivity index (χ0) is 33.3. The Kier molecular flexibility index (Phi) is 13.4. The van der Waals surface area contributed by atoms with Crippen LogP contribution in [0.25, 0.3) is 0 Å². The molecule has 0 saturated heterocycles. The third-order valence-corrected chi connectivity index (χ3v) is 7.83. The van der Waals surface area contributed by atoms with E-state index in [-0.39, 0.29) is 28.7 Å². The van der Waals surface area contributed by atoms with E-state index in [1.807, 2.05) is 59.9 Å². The maximum atomic E-state index is 13.9. The summed E-state index contributed by atoms with van der Waals surface area (Å²) in [5.41, 5.74) is 0.439. The van der Waals surface area contributed by atoms with E-state index in [1.165, 1.54) is 6.92 Å². The normalized spacial score (nSPS) is 17.3. The maximum absolute atomic E-state index is 13.9. The van der Waals surface area contributed by atoms with Crippen molar-refractivity contribution in [2.45, 2.75) is 96.9 Å². The van der Waals surface area contributed by atoms with Gasteiger partial charge < -0.3 is 25.7 Å². The molecule has 12 heteroatoms. The van der Waals surface area contributed by atoms with E-state index in [2.05, 4.69) is 22.8 Å². The molecular formula is C31H46F3N3O6. The molecule has 0 unspecified atom stereocenters. The van der Waals surface area contributed by atoms with Gasteiger partial charge in [-0.05, 0) is 43.7 Å². The van der Waals surface area contributed by atoms with Crippen molar-refractivity contribution < 1.29 is 42.6 Å². The summed E-state index contributed by atoms with van der Waals surface area (Å²) in [7, 11) is 3.49. The van der Waals surface area contributed by atoms with Crippen molar-refractivity contribution in [3.05, 3.63) is 47.5 Å². The van der Waals surface area contributed by atoms with Gasteiger partial charge in [-0.3, -0.25) is 9.59 Å². The Balaban J connectivity index is 0.00000117. The van der Waals surface area contributed by atoms with Crippen LogP contribution in [-0.2, 0) is 24.6 Å². The van der Waals surface area contributed by atoms with Gasteiger partial charge >= 0.3 is 18.1 Å². The fourth-order valence-electron chi connectivity index (χ4n) is 5.48. The summed E-state index contributed by atoms with van der Waals surface area (Å²) in [6.45, 7) is 11.2.